The number of benzene rings is 1. The van der Waals surface area contributed by atoms with Crippen molar-refractivity contribution in [1.82, 2.24) is 4.73 Å². The zero-order valence-electron chi connectivity index (χ0n) is 10.9. The molecule has 0 N–H and O–H groups in total. The number of nitrogens with zero attached hydrogens (tertiary/aromatic N) is 2. The third-order valence-electron chi connectivity index (χ3n) is 3.26. The largest absolute Gasteiger partial charge is 0.805 e. The monoisotopic (exact) mass is 402 g/mol. The van der Waals surface area contributed by atoms with E-state index in [1.54, 1.807) is 12.1 Å². The molecule has 2 aromatic rings. The maximum Gasteiger partial charge on any atom is 0.326 e. The molecule has 0 aliphatic carbocycles. The molecule has 0 fully saturated rings. The standard InChI is InChI=1S/C13H12Br2N2O3/c1-7-3-9-10(4-8(7)2)17(20)13(12(18)6-15)11(5-14)16(9)19/h3-4H,5-6H2,1-2H3. The number of carbonyl (C=O) groups is 1. The summed E-state index contributed by atoms with van der Waals surface area (Å²) in [5, 5.41) is 12.5. The second-order valence-corrected chi connectivity index (χ2v) is 5.62. The fourth-order valence-corrected chi connectivity index (χ4v) is 2.80. The van der Waals surface area contributed by atoms with Crippen LogP contribution in [0.2, 0.25) is 0 Å². The molecule has 0 aliphatic heterocycles. The van der Waals surface area contributed by atoms with Crippen molar-refractivity contribution in [2.45, 2.75) is 19.2 Å². The molecule has 7 heteroatoms. The highest BCUT2D eigenvalue weighted by molar-refractivity contribution is 9.09. The van der Waals surface area contributed by atoms with Crippen LogP contribution in [0.5, 0.6) is 0 Å². The average Bonchev–Trinajstić information content (AvgIpc) is 2.43. The maximum atomic E-state index is 12.4. The number of aromatic nitrogens is 2. The molecule has 0 spiro atoms. The number of halogens is 2. The van der Waals surface area contributed by atoms with E-state index in [-0.39, 0.29) is 33.1 Å². The molecule has 0 unspecified atom stereocenters. The Kier molecular flexibility index (Phi) is 4.29. The Bertz CT molecular complexity index is 769. The summed E-state index contributed by atoms with van der Waals surface area (Å²) < 4.78 is 1.21. The summed E-state index contributed by atoms with van der Waals surface area (Å²) in [6.07, 6.45) is 0. The van der Waals surface area contributed by atoms with Crippen LogP contribution in [0.25, 0.3) is 11.0 Å². The summed E-state index contributed by atoms with van der Waals surface area (Å²) in [6, 6.07) is 3.30. The number of aryl methyl sites for hydroxylation is 2. The predicted octanol–water partition coefficient (Wildman–Crippen LogP) is 2.99. The molecule has 1 aromatic heterocycles. The first-order chi connectivity index (χ1) is 9.42. The molecule has 1 heterocycles. The van der Waals surface area contributed by atoms with Gasteiger partial charge in [0.05, 0.1) is 15.1 Å². The second kappa shape index (κ2) is 5.65. The van der Waals surface area contributed by atoms with E-state index in [9.17, 15) is 14.9 Å². The Morgan fingerprint density at radius 3 is 2.45 bits per heavy atom. The van der Waals surface area contributed by atoms with Gasteiger partial charge in [0.2, 0.25) is 5.78 Å². The van der Waals surface area contributed by atoms with Gasteiger partial charge >= 0.3 is 5.69 Å². The Morgan fingerprint density at radius 1 is 1.30 bits per heavy atom. The molecule has 0 saturated heterocycles. The Labute approximate surface area is 132 Å². The molecule has 0 saturated carbocycles. The molecule has 2 rings (SSSR count). The summed E-state index contributed by atoms with van der Waals surface area (Å²) >= 11 is 6.20. The topological polar surface area (TPSA) is 68.0 Å². The molecule has 20 heavy (non-hydrogen) atoms. The zero-order valence-corrected chi connectivity index (χ0v) is 14.1. The third kappa shape index (κ3) is 2.29. The van der Waals surface area contributed by atoms with Crippen LogP contribution in [-0.2, 0) is 5.33 Å². The van der Waals surface area contributed by atoms with Gasteiger partial charge in [0.25, 0.3) is 5.52 Å². The minimum atomic E-state index is -0.417. The van der Waals surface area contributed by atoms with Crippen molar-refractivity contribution in [1.29, 1.82) is 0 Å². The summed E-state index contributed by atoms with van der Waals surface area (Å²) in [5.41, 5.74) is 2.29. The SMILES string of the molecule is Cc1cc2c(cc1C)[n+](=O)c(C(=O)CBr)c(CBr)n2[O-]. The van der Waals surface area contributed by atoms with E-state index in [0.29, 0.717) is 9.16 Å². The number of alkyl halides is 2. The van der Waals surface area contributed by atoms with E-state index in [1.807, 2.05) is 13.8 Å². The summed E-state index contributed by atoms with van der Waals surface area (Å²) in [6.45, 7) is 3.73. The van der Waals surface area contributed by atoms with Crippen molar-refractivity contribution >= 4 is 48.7 Å². The van der Waals surface area contributed by atoms with Crippen LogP contribution in [-0.4, -0.2) is 15.8 Å². The van der Waals surface area contributed by atoms with E-state index in [4.69, 9.17) is 0 Å². The van der Waals surface area contributed by atoms with Gasteiger partial charge in [-0.1, -0.05) is 31.9 Å². The number of rotatable bonds is 3. The highest BCUT2D eigenvalue weighted by Crippen LogP contribution is 2.21. The first kappa shape index (κ1) is 15.2. The number of Topliss-reactive ketones (excluding diaryl/α,β-unsaturated/α-hetero) is 1. The van der Waals surface area contributed by atoms with Crippen LogP contribution in [0.4, 0.5) is 0 Å². The van der Waals surface area contributed by atoms with Gasteiger partial charge in [0, 0.05) is 11.0 Å². The molecule has 0 aliphatic rings. The van der Waals surface area contributed by atoms with Crippen molar-refractivity contribution in [3.63, 3.8) is 0 Å². The smallest absolute Gasteiger partial charge is 0.326 e. The highest BCUT2D eigenvalue weighted by atomic mass is 79.9. The molecule has 106 valence electrons. The van der Waals surface area contributed by atoms with Gasteiger partial charge in [0.15, 0.2) is 0 Å². The molecule has 0 amide bonds. The van der Waals surface area contributed by atoms with E-state index < -0.39 is 5.78 Å². The minimum absolute atomic E-state index is 0.00834. The van der Waals surface area contributed by atoms with Crippen molar-refractivity contribution in [3.8, 4) is 0 Å². The molecule has 5 nitrogen and oxygen atoms in total. The first-order valence-electron chi connectivity index (χ1n) is 5.86. The van der Waals surface area contributed by atoms with Gasteiger partial charge in [-0.05, 0) is 31.0 Å². The number of fused-ring (bicyclic) bond motifs is 1. The van der Waals surface area contributed by atoms with Crippen LogP contribution >= 0.6 is 31.9 Å². The van der Waals surface area contributed by atoms with Gasteiger partial charge in [-0.15, -0.1) is 0 Å². The van der Waals surface area contributed by atoms with E-state index in [0.717, 1.165) is 11.1 Å². The molecule has 0 bridgehead atoms. The van der Waals surface area contributed by atoms with Gasteiger partial charge < -0.3 is 9.94 Å². The Morgan fingerprint density at radius 2 is 1.90 bits per heavy atom. The lowest BCUT2D eigenvalue weighted by molar-refractivity contribution is -0.468. The average molecular weight is 404 g/mol. The van der Waals surface area contributed by atoms with Crippen molar-refractivity contribution in [3.05, 3.63) is 44.8 Å². The van der Waals surface area contributed by atoms with Crippen LogP contribution in [0, 0.1) is 24.0 Å². The molecule has 0 atom stereocenters. The first-order valence-corrected chi connectivity index (χ1v) is 8.10. The molecule has 0 radical (unpaired) electrons. The molecular weight excluding hydrogens is 392 g/mol. The van der Waals surface area contributed by atoms with Crippen LogP contribution < -0.4 is 4.43 Å². The lowest BCUT2D eigenvalue weighted by Crippen LogP contribution is -2.31. The number of ketones is 1. The lowest BCUT2D eigenvalue weighted by Gasteiger charge is -2.18. The summed E-state index contributed by atoms with van der Waals surface area (Å²) in [5.74, 6) is -0.417. The third-order valence-corrected chi connectivity index (χ3v) is 4.30. The maximum absolute atomic E-state index is 12.4. The van der Waals surface area contributed by atoms with Crippen molar-refractivity contribution < 1.29 is 9.22 Å². The normalized spacial score (nSPS) is 11.0. The van der Waals surface area contributed by atoms with Crippen molar-refractivity contribution in [2.24, 2.45) is 0 Å². The Hall–Kier alpha value is -1.21. The summed E-state index contributed by atoms with van der Waals surface area (Å²) in [7, 11) is 0. The highest BCUT2D eigenvalue weighted by Gasteiger charge is 2.27. The predicted molar refractivity (Wildman–Crippen MR) is 84.3 cm³/mol. The van der Waals surface area contributed by atoms with Gasteiger partial charge in [-0.25, -0.2) is 0 Å². The number of hydrogen-bond acceptors (Lipinski definition) is 3. The molecular formula is C13H12Br2N2O3. The lowest BCUT2D eigenvalue weighted by atomic mass is 10.1. The van der Waals surface area contributed by atoms with Gasteiger partial charge in [-0.2, -0.15) is 0 Å². The quantitative estimate of drug-likeness (QED) is 0.449. The second-order valence-electron chi connectivity index (χ2n) is 4.50. The van der Waals surface area contributed by atoms with Crippen molar-refractivity contribution in [2.75, 3.05) is 5.33 Å². The number of hydrogen-bond donors (Lipinski definition) is 0. The fraction of sp³-hybridized carbons (Fsp3) is 0.308. The Balaban J connectivity index is 3.02. The summed E-state index contributed by atoms with van der Waals surface area (Å²) in [4.78, 5) is 24.3. The van der Waals surface area contributed by atoms with Gasteiger partial charge in [-0.3, -0.25) is 4.79 Å². The molecule has 1 aromatic carbocycles. The fourth-order valence-electron chi connectivity index (χ4n) is 2.05. The zero-order chi connectivity index (χ0) is 15.0. The van der Waals surface area contributed by atoms with E-state index in [1.165, 1.54) is 0 Å². The minimum Gasteiger partial charge on any atom is -0.805 e. The van der Waals surface area contributed by atoms with Crippen LogP contribution in [0.15, 0.2) is 12.1 Å². The van der Waals surface area contributed by atoms with E-state index in [2.05, 4.69) is 31.9 Å². The van der Waals surface area contributed by atoms with E-state index >= 15 is 0 Å². The van der Waals surface area contributed by atoms with Crippen LogP contribution in [0.1, 0.15) is 27.3 Å². The van der Waals surface area contributed by atoms with Gasteiger partial charge in [0.1, 0.15) is 11.2 Å². The number of carbonyl (C=O) groups excluding carboxylic acids is 1. The van der Waals surface area contributed by atoms with Crippen LogP contribution in [0.3, 0.4) is 0 Å².